The van der Waals surface area contributed by atoms with Gasteiger partial charge >= 0.3 is 0 Å². The molecule has 0 unspecified atom stereocenters. The van der Waals surface area contributed by atoms with E-state index in [2.05, 4.69) is 122 Å². The zero-order valence-corrected chi connectivity index (χ0v) is 25.3. The van der Waals surface area contributed by atoms with Gasteiger partial charge in [-0.05, 0) is 52.8 Å². The summed E-state index contributed by atoms with van der Waals surface area (Å²) in [6, 6.07) is 21.4. The first-order chi connectivity index (χ1) is 16.2. The van der Waals surface area contributed by atoms with Crippen molar-refractivity contribution in [1.82, 2.24) is 0 Å². The van der Waals surface area contributed by atoms with Crippen LogP contribution in [-0.4, -0.2) is 40.6 Å². The summed E-state index contributed by atoms with van der Waals surface area (Å²) in [6.07, 6.45) is 3.06. The van der Waals surface area contributed by atoms with E-state index in [1.165, 1.54) is 10.4 Å². The summed E-state index contributed by atoms with van der Waals surface area (Å²) in [5, 5.41) is 13.3. The van der Waals surface area contributed by atoms with Crippen LogP contribution >= 0.6 is 0 Å². The average Bonchev–Trinajstić information content (AvgIpc) is 2.77. The number of benzene rings is 2. The average molecular weight is 513 g/mol. The fourth-order valence-electron chi connectivity index (χ4n) is 4.42. The molecular formula is C30H48O3Si2. The maximum Gasteiger partial charge on any atom is 0.261 e. The molecule has 0 aliphatic heterocycles. The summed E-state index contributed by atoms with van der Waals surface area (Å²) < 4.78 is 13.9. The molecule has 0 aromatic heterocycles. The Balaban J connectivity index is 2.49. The van der Waals surface area contributed by atoms with Crippen LogP contribution in [0.2, 0.25) is 23.2 Å². The quantitative estimate of drug-likeness (QED) is 0.255. The van der Waals surface area contributed by atoms with Gasteiger partial charge in [0.2, 0.25) is 0 Å². The minimum atomic E-state index is -2.72. The van der Waals surface area contributed by atoms with Crippen molar-refractivity contribution in [3.05, 3.63) is 73.3 Å². The van der Waals surface area contributed by atoms with Gasteiger partial charge in [-0.3, -0.25) is 0 Å². The van der Waals surface area contributed by atoms with Gasteiger partial charge in [0, 0.05) is 6.61 Å². The first-order valence-electron chi connectivity index (χ1n) is 13.0. The molecule has 0 radical (unpaired) electrons. The number of rotatable bonds is 12. The van der Waals surface area contributed by atoms with Crippen molar-refractivity contribution in [2.45, 2.75) is 96.2 Å². The molecule has 0 bridgehead atoms. The van der Waals surface area contributed by atoms with Gasteiger partial charge in [0.1, 0.15) is 0 Å². The Morgan fingerprint density at radius 1 is 0.857 bits per heavy atom. The van der Waals surface area contributed by atoms with E-state index < -0.39 is 22.7 Å². The maximum atomic E-state index is 10.8. The van der Waals surface area contributed by atoms with Crippen molar-refractivity contribution < 1.29 is 14.0 Å². The highest BCUT2D eigenvalue weighted by Gasteiger charge is 2.51. The molecule has 1 N–H and O–H groups in total. The standard InChI is InChI=1S/C30H48O3Si2/c1-10-17-25(31)24-26(22-23-32-34(8,9)29(2,3)4)33-35(30(5,6)7,27-18-13-11-14-19-27)28-20-15-12-16-21-28/h10-16,18-21,25-26,31H,1,17,22-24H2,2-9H3/t25-,26+/m1/s1. The topological polar surface area (TPSA) is 38.7 Å². The van der Waals surface area contributed by atoms with E-state index in [4.69, 9.17) is 8.85 Å². The highest BCUT2D eigenvalue weighted by atomic mass is 28.4. The molecule has 0 aliphatic rings. The lowest BCUT2D eigenvalue weighted by Crippen LogP contribution is -2.67. The molecule has 0 heterocycles. The predicted molar refractivity (Wildman–Crippen MR) is 156 cm³/mol. The summed E-state index contributed by atoms with van der Waals surface area (Å²) in [5.41, 5.74) is 0. The van der Waals surface area contributed by atoms with Gasteiger partial charge in [-0.15, -0.1) is 6.58 Å². The highest BCUT2D eigenvalue weighted by molar-refractivity contribution is 6.99. The van der Waals surface area contributed by atoms with Crippen molar-refractivity contribution in [3.63, 3.8) is 0 Å². The Labute approximate surface area is 216 Å². The normalized spacial score (nSPS) is 15.0. The van der Waals surface area contributed by atoms with Crippen LogP contribution in [0, 0.1) is 0 Å². The van der Waals surface area contributed by atoms with Crippen molar-refractivity contribution in [3.8, 4) is 0 Å². The van der Waals surface area contributed by atoms with Crippen LogP contribution in [0.4, 0.5) is 0 Å². The Hall–Kier alpha value is -1.51. The SMILES string of the molecule is C=CC[C@@H](O)C[C@H](CCO[Si](C)(C)C(C)(C)C)O[Si](c1ccccc1)(c1ccccc1)C(C)(C)C. The first kappa shape index (κ1) is 29.7. The van der Waals surface area contributed by atoms with Crippen LogP contribution < -0.4 is 10.4 Å². The second-order valence-corrected chi connectivity index (χ2v) is 21.3. The summed E-state index contributed by atoms with van der Waals surface area (Å²) in [5.74, 6) is 0. The second kappa shape index (κ2) is 12.2. The van der Waals surface area contributed by atoms with Crippen molar-refractivity contribution in [2.24, 2.45) is 0 Å². The molecule has 194 valence electrons. The zero-order valence-electron chi connectivity index (χ0n) is 23.3. The van der Waals surface area contributed by atoms with E-state index in [1.807, 2.05) is 0 Å². The largest absolute Gasteiger partial charge is 0.417 e. The lowest BCUT2D eigenvalue weighted by molar-refractivity contribution is 0.0752. The van der Waals surface area contributed by atoms with Crippen LogP contribution in [0.5, 0.6) is 0 Å². The van der Waals surface area contributed by atoms with Crippen molar-refractivity contribution >= 4 is 27.0 Å². The van der Waals surface area contributed by atoms with Gasteiger partial charge in [-0.2, -0.15) is 0 Å². The van der Waals surface area contributed by atoms with E-state index in [1.54, 1.807) is 6.08 Å². The molecule has 0 saturated carbocycles. The van der Waals surface area contributed by atoms with Gasteiger partial charge in [0.15, 0.2) is 8.32 Å². The summed E-state index contributed by atoms with van der Waals surface area (Å²) in [7, 11) is -4.59. The molecular weight excluding hydrogens is 464 g/mol. The van der Waals surface area contributed by atoms with Crippen molar-refractivity contribution in [2.75, 3.05) is 6.61 Å². The van der Waals surface area contributed by atoms with Gasteiger partial charge in [0.05, 0.1) is 12.2 Å². The lowest BCUT2D eigenvalue weighted by atomic mass is 10.1. The van der Waals surface area contributed by atoms with E-state index in [0.717, 1.165) is 6.42 Å². The fraction of sp³-hybridized carbons (Fsp3) is 0.533. The van der Waals surface area contributed by atoms with E-state index in [9.17, 15) is 5.11 Å². The Morgan fingerprint density at radius 3 is 1.74 bits per heavy atom. The molecule has 0 amide bonds. The molecule has 2 rings (SSSR count). The van der Waals surface area contributed by atoms with Crippen molar-refractivity contribution in [1.29, 1.82) is 0 Å². The third-order valence-corrected chi connectivity index (χ3v) is 17.1. The van der Waals surface area contributed by atoms with Gasteiger partial charge < -0.3 is 14.0 Å². The molecule has 0 spiro atoms. The van der Waals surface area contributed by atoms with Crippen LogP contribution in [0.3, 0.4) is 0 Å². The van der Waals surface area contributed by atoms with Crippen LogP contribution in [0.15, 0.2) is 73.3 Å². The summed E-state index contributed by atoms with van der Waals surface area (Å²) in [4.78, 5) is 0. The molecule has 0 aliphatic carbocycles. The molecule has 35 heavy (non-hydrogen) atoms. The third kappa shape index (κ3) is 7.49. The molecule has 3 nitrogen and oxygen atoms in total. The highest BCUT2D eigenvalue weighted by Crippen LogP contribution is 2.39. The van der Waals surface area contributed by atoms with E-state index >= 15 is 0 Å². The monoisotopic (exact) mass is 512 g/mol. The second-order valence-electron chi connectivity index (χ2n) is 12.2. The third-order valence-electron chi connectivity index (χ3n) is 7.44. The van der Waals surface area contributed by atoms with Crippen LogP contribution in [0.25, 0.3) is 0 Å². The van der Waals surface area contributed by atoms with Gasteiger partial charge in [-0.1, -0.05) is 108 Å². The minimum Gasteiger partial charge on any atom is -0.417 e. The molecule has 2 aromatic rings. The number of hydrogen-bond acceptors (Lipinski definition) is 3. The molecule has 5 heteroatoms. The molecule has 2 atom stereocenters. The van der Waals surface area contributed by atoms with Crippen LogP contribution in [0.1, 0.15) is 60.8 Å². The summed E-state index contributed by atoms with van der Waals surface area (Å²) >= 11 is 0. The Morgan fingerprint density at radius 2 is 1.34 bits per heavy atom. The molecule has 2 aromatic carbocycles. The maximum absolute atomic E-state index is 10.8. The Bertz CT molecular complexity index is 859. The predicted octanol–water partition coefficient (Wildman–Crippen LogP) is 6.67. The van der Waals surface area contributed by atoms with Crippen LogP contribution in [-0.2, 0) is 8.85 Å². The smallest absolute Gasteiger partial charge is 0.261 e. The fourth-order valence-corrected chi connectivity index (χ4v) is 10.2. The number of aliphatic hydroxyl groups is 1. The first-order valence-corrected chi connectivity index (χ1v) is 17.8. The number of aliphatic hydroxyl groups excluding tert-OH is 1. The van der Waals surface area contributed by atoms with E-state index in [-0.39, 0.29) is 16.2 Å². The number of hydrogen-bond donors (Lipinski definition) is 1. The lowest BCUT2D eigenvalue weighted by Gasteiger charge is -2.45. The Kier molecular flexibility index (Phi) is 10.3. The van der Waals surface area contributed by atoms with E-state index in [0.29, 0.717) is 19.4 Å². The molecule has 0 fully saturated rings. The minimum absolute atomic E-state index is 0.113. The summed E-state index contributed by atoms with van der Waals surface area (Å²) in [6.45, 7) is 22.7. The zero-order chi connectivity index (χ0) is 26.3. The van der Waals surface area contributed by atoms with Gasteiger partial charge in [-0.25, -0.2) is 0 Å². The molecule has 0 saturated heterocycles. The van der Waals surface area contributed by atoms with Gasteiger partial charge in [0.25, 0.3) is 8.32 Å².